The second-order valence-corrected chi connectivity index (χ2v) is 4.97. The highest BCUT2D eigenvalue weighted by Gasteiger charge is 2.05. The van der Waals surface area contributed by atoms with Gasteiger partial charge in [0.1, 0.15) is 11.6 Å². The minimum atomic E-state index is 0.318. The molecule has 0 aliphatic rings. The fraction of sp³-hybridized carbons (Fsp3) is 0.0714. The van der Waals surface area contributed by atoms with Crippen LogP contribution in [0, 0.1) is 0 Å². The standard InChI is InChI=1S/C14H12N2OS/c17-12-7-3-4-8-13(12)18-9-14-15-10-5-1-2-6-11(10)16-14/h1-8,17H,9H2,(H,15,16). The first-order valence-electron chi connectivity index (χ1n) is 5.67. The van der Waals surface area contributed by atoms with Gasteiger partial charge in [-0.2, -0.15) is 0 Å². The van der Waals surface area contributed by atoms with E-state index in [9.17, 15) is 5.11 Å². The molecule has 3 rings (SSSR count). The maximum Gasteiger partial charge on any atom is 0.129 e. The van der Waals surface area contributed by atoms with Crippen LogP contribution < -0.4 is 0 Å². The second-order valence-electron chi connectivity index (χ2n) is 3.96. The van der Waals surface area contributed by atoms with E-state index in [1.165, 1.54) is 0 Å². The van der Waals surface area contributed by atoms with Crippen LogP contribution in [0.5, 0.6) is 5.75 Å². The van der Waals surface area contributed by atoms with Gasteiger partial charge in [-0.05, 0) is 24.3 Å². The molecule has 0 radical (unpaired) electrons. The SMILES string of the molecule is Oc1ccccc1SCc1nc2ccccc2[nH]1. The first-order chi connectivity index (χ1) is 8.83. The van der Waals surface area contributed by atoms with E-state index in [0.29, 0.717) is 11.5 Å². The molecule has 2 aromatic carbocycles. The van der Waals surface area contributed by atoms with Crippen LogP contribution in [-0.4, -0.2) is 15.1 Å². The molecule has 0 amide bonds. The van der Waals surface area contributed by atoms with E-state index in [-0.39, 0.29) is 0 Å². The Balaban J connectivity index is 1.79. The third-order valence-electron chi connectivity index (χ3n) is 2.67. The number of rotatable bonds is 3. The van der Waals surface area contributed by atoms with Gasteiger partial charge in [-0.3, -0.25) is 0 Å². The maximum absolute atomic E-state index is 9.68. The van der Waals surface area contributed by atoms with Crippen LogP contribution in [0.1, 0.15) is 5.82 Å². The molecule has 1 aromatic heterocycles. The summed E-state index contributed by atoms with van der Waals surface area (Å²) in [5.74, 6) is 1.95. The molecule has 18 heavy (non-hydrogen) atoms. The molecule has 3 nitrogen and oxygen atoms in total. The number of nitrogens with zero attached hydrogens (tertiary/aromatic N) is 1. The van der Waals surface area contributed by atoms with Crippen molar-refractivity contribution in [2.45, 2.75) is 10.6 Å². The summed E-state index contributed by atoms with van der Waals surface area (Å²) in [6, 6.07) is 15.3. The zero-order valence-corrected chi connectivity index (χ0v) is 10.4. The van der Waals surface area contributed by atoms with Crippen LogP contribution >= 0.6 is 11.8 Å². The first kappa shape index (κ1) is 11.2. The van der Waals surface area contributed by atoms with E-state index in [4.69, 9.17) is 0 Å². The molecule has 4 heteroatoms. The Morgan fingerprint density at radius 3 is 2.67 bits per heavy atom. The zero-order valence-electron chi connectivity index (χ0n) is 9.63. The lowest BCUT2D eigenvalue weighted by Crippen LogP contribution is -1.83. The summed E-state index contributed by atoms with van der Waals surface area (Å²) in [7, 11) is 0. The van der Waals surface area contributed by atoms with Gasteiger partial charge in [-0.25, -0.2) is 4.98 Å². The summed E-state index contributed by atoms with van der Waals surface area (Å²) in [6.07, 6.45) is 0. The smallest absolute Gasteiger partial charge is 0.129 e. The topological polar surface area (TPSA) is 48.9 Å². The molecule has 0 bridgehead atoms. The molecule has 0 aliphatic carbocycles. The molecule has 0 fully saturated rings. The van der Waals surface area contributed by atoms with Gasteiger partial charge in [0.15, 0.2) is 0 Å². The third kappa shape index (κ3) is 2.19. The summed E-state index contributed by atoms with van der Waals surface area (Å²) in [5, 5.41) is 9.68. The number of aromatic nitrogens is 2. The van der Waals surface area contributed by atoms with Crippen molar-refractivity contribution in [3.63, 3.8) is 0 Å². The van der Waals surface area contributed by atoms with Gasteiger partial charge < -0.3 is 10.1 Å². The van der Waals surface area contributed by atoms with Gasteiger partial charge in [0.25, 0.3) is 0 Å². The molecule has 0 aliphatic heterocycles. The largest absolute Gasteiger partial charge is 0.507 e. The summed E-state index contributed by atoms with van der Waals surface area (Å²) in [6.45, 7) is 0. The maximum atomic E-state index is 9.68. The van der Waals surface area contributed by atoms with Gasteiger partial charge in [0.05, 0.1) is 16.8 Å². The van der Waals surface area contributed by atoms with Crippen molar-refractivity contribution in [2.24, 2.45) is 0 Å². The van der Waals surface area contributed by atoms with Crippen LogP contribution in [0.2, 0.25) is 0 Å². The number of imidazole rings is 1. The molecule has 1 heterocycles. The number of hydrogen-bond donors (Lipinski definition) is 2. The van der Waals surface area contributed by atoms with Crippen molar-refractivity contribution in [3.05, 3.63) is 54.4 Å². The van der Waals surface area contributed by atoms with Crippen molar-refractivity contribution < 1.29 is 5.11 Å². The summed E-state index contributed by atoms with van der Waals surface area (Å²) >= 11 is 1.57. The monoisotopic (exact) mass is 256 g/mol. The number of hydrogen-bond acceptors (Lipinski definition) is 3. The third-order valence-corrected chi connectivity index (χ3v) is 3.74. The summed E-state index contributed by atoms with van der Waals surface area (Å²) < 4.78 is 0. The van der Waals surface area contributed by atoms with Crippen LogP contribution in [0.3, 0.4) is 0 Å². The predicted octanol–water partition coefficient (Wildman–Crippen LogP) is 3.56. The Labute approximate surface area is 109 Å². The number of fused-ring (bicyclic) bond motifs is 1. The number of H-pyrrole nitrogens is 1. The normalized spacial score (nSPS) is 10.9. The summed E-state index contributed by atoms with van der Waals surface area (Å²) in [4.78, 5) is 8.64. The Hall–Kier alpha value is -1.94. The van der Waals surface area contributed by atoms with E-state index in [0.717, 1.165) is 21.8 Å². The number of thioether (sulfide) groups is 1. The van der Waals surface area contributed by atoms with Crippen molar-refractivity contribution in [1.29, 1.82) is 0 Å². The minimum Gasteiger partial charge on any atom is -0.507 e. The molecule has 0 unspecified atom stereocenters. The van der Waals surface area contributed by atoms with E-state index >= 15 is 0 Å². The lowest BCUT2D eigenvalue weighted by Gasteiger charge is -2.01. The van der Waals surface area contributed by atoms with Crippen LogP contribution in [0.4, 0.5) is 0 Å². The summed E-state index contributed by atoms with van der Waals surface area (Å²) in [5.41, 5.74) is 2.02. The Bertz CT molecular complexity index is 645. The zero-order chi connectivity index (χ0) is 12.4. The van der Waals surface area contributed by atoms with Crippen molar-refractivity contribution in [2.75, 3.05) is 0 Å². The number of phenolic OH excluding ortho intramolecular Hbond substituents is 1. The lowest BCUT2D eigenvalue weighted by atomic mass is 10.3. The van der Waals surface area contributed by atoms with Gasteiger partial charge in [0, 0.05) is 4.90 Å². The Morgan fingerprint density at radius 1 is 1.06 bits per heavy atom. The Morgan fingerprint density at radius 2 is 1.83 bits per heavy atom. The first-order valence-corrected chi connectivity index (χ1v) is 6.66. The highest BCUT2D eigenvalue weighted by atomic mass is 32.2. The lowest BCUT2D eigenvalue weighted by molar-refractivity contribution is 0.462. The Kier molecular flexibility index (Phi) is 2.94. The van der Waals surface area contributed by atoms with E-state index in [1.807, 2.05) is 42.5 Å². The number of benzene rings is 2. The fourth-order valence-electron chi connectivity index (χ4n) is 1.80. The average molecular weight is 256 g/mol. The van der Waals surface area contributed by atoms with Crippen molar-refractivity contribution in [3.8, 4) is 5.75 Å². The van der Waals surface area contributed by atoms with Crippen LogP contribution in [-0.2, 0) is 5.75 Å². The van der Waals surface area contributed by atoms with Crippen molar-refractivity contribution >= 4 is 22.8 Å². The fourth-order valence-corrected chi connectivity index (χ4v) is 2.62. The molecular weight excluding hydrogens is 244 g/mol. The molecule has 0 saturated heterocycles. The highest BCUT2D eigenvalue weighted by molar-refractivity contribution is 7.98. The molecule has 0 saturated carbocycles. The highest BCUT2D eigenvalue weighted by Crippen LogP contribution is 2.30. The average Bonchev–Trinajstić information content (AvgIpc) is 2.80. The van der Waals surface area contributed by atoms with Gasteiger partial charge >= 0.3 is 0 Å². The predicted molar refractivity (Wildman–Crippen MR) is 73.8 cm³/mol. The number of nitrogens with one attached hydrogen (secondary N) is 1. The number of phenols is 1. The van der Waals surface area contributed by atoms with Crippen LogP contribution in [0.25, 0.3) is 11.0 Å². The molecule has 2 N–H and O–H groups in total. The number of aromatic amines is 1. The van der Waals surface area contributed by atoms with E-state index in [1.54, 1.807) is 17.8 Å². The molecule has 0 atom stereocenters. The van der Waals surface area contributed by atoms with E-state index in [2.05, 4.69) is 9.97 Å². The molecule has 90 valence electrons. The molecule has 0 spiro atoms. The van der Waals surface area contributed by atoms with Crippen molar-refractivity contribution in [1.82, 2.24) is 9.97 Å². The van der Waals surface area contributed by atoms with Gasteiger partial charge in [0.2, 0.25) is 0 Å². The van der Waals surface area contributed by atoms with Crippen LogP contribution in [0.15, 0.2) is 53.4 Å². The second kappa shape index (κ2) is 4.74. The molecular formula is C14H12N2OS. The molecule has 3 aromatic rings. The number of aromatic hydroxyl groups is 1. The van der Waals surface area contributed by atoms with E-state index < -0.39 is 0 Å². The van der Waals surface area contributed by atoms with Gasteiger partial charge in [-0.1, -0.05) is 24.3 Å². The minimum absolute atomic E-state index is 0.318. The van der Waals surface area contributed by atoms with Gasteiger partial charge in [-0.15, -0.1) is 11.8 Å². The quantitative estimate of drug-likeness (QED) is 0.704. The number of para-hydroxylation sites is 3.